The van der Waals surface area contributed by atoms with Crippen LogP contribution >= 0.6 is 11.6 Å². The van der Waals surface area contributed by atoms with Gasteiger partial charge in [0.1, 0.15) is 0 Å². The lowest BCUT2D eigenvalue weighted by Crippen LogP contribution is -2.25. The third-order valence-corrected chi connectivity index (χ3v) is 3.48. The standard InChI is InChI=1S/C14H14ClN3/c1-9-4-2-3-5-10(9)13-11-8-16-7-6-12(11)17-14(15)18-13/h2-5,16H,6-8H2,1H3. The van der Waals surface area contributed by atoms with Gasteiger partial charge in [-0.1, -0.05) is 24.3 Å². The van der Waals surface area contributed by atoms with Gasteiger partial charge in [-0.15, -0.1) is 0 Å². The van der Waals surface area contributed by atoms with E-state index >= 15 is 0 Å². The molecule has 0 saturated carbocycles. The number of benzene rings is 1. The quantitative estimate of drug-likeness (QED) is 0.801. The second-order valence-corrected chi connectivity index (χ2v) is 4.85. The van der Waals surface area contributed by atoms with Crippen LogP contribution in [0.15, 0.2) is 24.3 Å². The number of rotatable bonds is 1. The van der Waals surface area contributed by atoms with Gasteiger partial charge in [0.15, 0.2) is 0 Å². The van der Waals surface area contributed by atoms with Crippen molar-refractivity contribution in [3.05, 3.63) is 46.4 Å². The zero-order valence-corrected chi connectivity index (χ0v) is 11.0. The molecule has 92 valence electrons. The molecule has 1 aliphatic rings. The van der Waals surface area contributed by atoms with Crippen molar-refractivity contribution in [2.24, 2.45) is 0 Å². The van der Waals surface area contributed by atoms with Gasteiger partial charge in [0, 0.05) is 30.6 Å². The third-order valence-electron chi connectivity index (χ3n) is 3.31. The van der Waals surface area contributed by atoms with Gasteiger partial charge in [0.05, 0.1) is 11.4 Å². The lowest BCUT2D eigenvalue weighted by atomic mass is 9.98. The summed E-state index contributed by atoms with van der Waals surface area (Å²) >= 11 is 6.04. The molecule has 0 amide bonds. The summed E-state index contributed by atoms with van der Waals surface area (Å²) < 4.78 is 0. The molecule has 0 fully saturated rings. The van der Waals surface area contributed by atoms with E-state index in [1.807, 2.05) is 12.1 Å². The highest BCUT2D eigenvalue weighted by atomic mass is 35.5. The molecular formula is C14H14ClN3. The van der Waals surface area contributed by atoms with Gasteiger partial charge in [-0.2, -0.15) is 0 Å². The van der Waals surface area contributed by atoms with Gasteiger partial charge in [-0.25, -0.2) is 9.97 Å². The van der Waals surface area contributed by atoms with Gasteiger partial charge in [0.2, 0.25) is 5.28 Å². The first kappa shape index (κ1) is 11.6. The molecule has 1 aliphatic heterocycles. The predicted molar refractivity (Wildman–Crippen MR) is 72.6 cm³/mol. The van der Waals surface area contributed by atoms with Crippen molar-refractivity contribution >= 4 is 11.6 Å². The fourth-order valence-corrected chi connectivity index (χ4v) is 2.56. The average Bonchev–Trinajstić information content (AvgIpc) is 2.38. The summed E-state index contributed by atoms with van der Waals surface area (Å²) in [7, 11) is 0. The number of halogens is 1. The molecule has 0 bridgehead atoms. The van der Waals surface area contributed by atoms with Crippen molar-refractivity contribution in [1.82, 2.24) is 15.3 Å². The third kappa shape index (κ3) is 2.00. The summed E-state index contributed by atoms with van der Waals surface area (Å²) in [6.07, 6.45) is 0.913. The Bertz CT molecular complexity index is 596. The van der Waals surface area contributed by atoms with Crippen molar-refractivity contribution in [1.29, 1.82) is 0 Å². The first-order chi connectivity index (χ1) is 8.75. The van der Waals surface area contributed by atoms with Crippen LogP contribution < -0.4 is 5.32 Å². The van der Waals surface area contributed by atoms with Crippen molar-refractivity contribution in [3.8, 4) is 11.3 Å². The van der Waals surface area contributed by atoms with Gasteiger partial charge in [0.25, 0.3) is 0 Å². The molecule has 0 spiro atoms. The fourth-order valence-electron chi connectivity index (χ4n) is 2.37. The summed E-state index contributed by atoms with van der Waals surface area (Å²) in [6, 6.07) is 8.24. The zero-order valence-electron chi connectivity index (χ0n) is 10.2. The molecule has 4 heteroatoms. The van der Waals surface area contributed by atoms with Crippen LogP contribution in [0.1, 0.15) is 16.8 Å². The highest BCUT2D eigenvalue weighted by Gasteiger charge is 2.18. The van der Waals surface area contributed by atoms with E-state index < -0.39 is 0 Å². The summed E-state index contributed by atoms with van der Waals surface area (Å²) in [5, 5.41) is 3.71. The maximum Gasteiger partial charge on any atom is 0.223 e. The Labute approximate surface area is 111 Å². The molecule has 0 saturated heterocycles. The molecule has 2 aromatic rings. The van der Waals surface area contributed by atoms with Crippen LogP contribution in [0, 0.1) is 6.92 Å². The number of hydrogen-bond acceptors (Lipinski definition) is 3. The van der Waals surface area contributed by atoms with Gasteiger partial charge < -0.3 is 5.32 Å². The maximum atomic E-state index is 6.04. The molecule has 1 aromatic heterocycles. The Morgan fingerprint density at radius 2 is 2.06 bits per heavy atom. The Morgan fingerprint density at radius 1 is 1.22 bits per heavy atom. The zero-order chi connectivity index (χ0) is 12.5. The van der Waals surface area contributed by atoms with Crippen LogP contribution in [0.4, 0.5) is 0 Å². The van der Waals surface area contributed by atoms with Gasteiger partial charge >= 0.3 is 0 Å². The minimum atomic E-state index is 0.342. The highest BCUT2D eigenvalue weighted by molar-refractivity contribution is 6.28. The number of nitrogens with zero attached hydrogens (tertiary/aromatic N) is 2. The summed E-state index contributed by atoms with van der Waals surface area (Å²) in [4.78, 5) is 8.78. The maximum absolute atomic E-state index is 6.04. The smallest absolute Gasteiger partial charge is 0.223 e. The number of aromatic nitrogens is 2. The summed E-state index contributed by atoms with van der Waals surface area (Å²) in [6.45, 7) is 3.86. The second kappa shape index (κ2) is 4.67. The highest BCUT2D eigenvalue weighted by Crippen LogP contribution is 2.29. The number of fused-ring (bicyclic) bond motifs is 1. The molecule has 1 N–H and O–H groups in total. The van der Waals surface area contributed by atoms with E-state index in [2.05, 4.69) is 34.3 Å². The van der Waals surface area contributed by atoms with Crippen LogP contribution in [0.3, 0.4) is 0 Å². The SMILES string of the molecule is Cc1ccccc1-c1nc(Cl)nc2c1CNCC2. The number of hydrogen-bond donors (Lipinski definition) is 1. The van der Waals surface area contributed by atoms with Crippen LogP contribution in [0.2, 0.25) is 5.28 Å². The fraction of sp³-hybridized carbons (Fsp3) is 0.286. The largest absolute Gasteiger partial charge is 0.312 e. The molecule has 18 heavy (non-hydrogen) atoms. The van der Waals surface area contributed by atoms with E-state index in [1.54, 1.807) is 0 Å². The van der Waals surface area contributed by atoms with E-state index in [1.165, 1.54) is 11.1 Å². The molecule has 3 rings (SSSR count). The lowest BCUT2D eigenvalue weighted by Gasteiger charge is -2.19. The Morgan fingerprint density at radius 3 is 2.89 bits per heavy atom. The van der Waals surface area contributed by atoms with E-state index in [4.69, 9.17) is 11.6 Å². The minimum Gasteiger partial charge on any atom is -0.312 e. The van der Waals surface area contributed by atoms with E-state index in [9.17, 15) is 0 Å². The normalized spacial score (nSPS) is 14.3. The van der Waals surface area contributed by atoms with Crippen molar-refractivity contribution in [3.63, 3.8) is 0 Å². The van der Waals surface area contributed by atoms with Crippen LogP contribution in [-0.2, 0) is 13.0 Å². The van der Waals surface area contributed by atoms with E-state index in [-0.39, 0.29) is 0 Å². The Balaban J connectivity index is 2.23. The second-order valence-electron chi connectivity index (χ2n) is 4.51. The minimum absolute atomic E-state index is 0.342. The van der Waals surface area contributed by atoms with Gasteiger partial charge in [-0.05, 0) is 24.1 Å². The van der Waals surface area contributed by atoms with Crippen molar-refractivity contribution < 1.29 is 0 Å². The molecule has 3 nitrogen and oxygen atoms in total. The molecule has 1 aromatic carbocycles. The molecule has 0 unspecified atom stereocenters. The van der Waals surface area contributed by atoms with Crippen molar-refractivity contribution in [2.75, 3.05) is 6.54 Å². The monoisotopic (exact) mass is 259 g/mol. The lowest BCUT2D eigenvalue weighted by molar-refractivity contribution is 0.627. The first-order valence-corrected chi connectivity index (χ1v) is 6.45. The summed E-state index contributed by atoms with van der Waals surface area (Å²) in [5.74, 6) is 0. The van der Waals surface area contributed by atoms with E-state index in [0.29, 0.717) is 5.28 Å². The molecule has 0 atom stereocenters. The average molecular weight is 260 g/mol. The van der Waals surface area contributed by atoms with Crippen LogP contribution in [-0.4, -0.2) is 16.5 Å². The molecule has 2 heterocycles. The number of nitrogens with one attached hydrogen (secondary N) is 1. The summed E-state index contributed by atoms with van der Waals surface area (Å²) in [5.41, 5.74) is 5.57. The van der Waals surface area contributed by atoms with Gasteiger partial charge in [-0.3, -0.25) is 0 Å². The topological polar surface area (TPSA) is 37.8 Å². The predicted octanol–water partition coefficient (Wildman–Crippen LogP) is 2.75. The van der Waals surface area contributed by atoms with Crippen molar-refractivity contribution in [2.45, 2.75) is 19.9 Å². The Kier molecular flexibility index (Phi) is 3.02. The first-order valence-electron chi connectivity index (χ1n) is 6.07. The molecule has 0 radical (unpaired) electrons. The number of aryl methyl sites for hydroxylation is 1. The van der Waals surface area contributed by atoms with E-state index in [0.717, 1.165) is 36.5 Å². The Hall–Kier alpha value is -1.45. The van der Waals surface area contributed by atoms with Crippen LogP contribution in [0.5, 0.6) is 0 Å². The molecular weight excluding hydrogens is 246 g/mol. The molecule has 0 aliphatic carbocycles. The van der Waals surface area contributed by atoms with Crippen LogP contribution in [0.25, 0.3) is 11.3 Å².